The fraction of sp³-hybridized carbons (Fsp3) is 0.279. The van der Waals surface area contributed by atoms with Crippen LogP contribution in [0, 0.1) is 0 Å². The lowest BCUT2D eigenvalue weighted by molar-refractivity contribution is 0.445. The Kier molecular flexibility index (Phi) is 11.9. The molecule has 2 heteroatoms. The van der Waals surface area contributed by atoms with Crippen molar-refractivity contribution >= 4 is 55.7 Å². The first-order valence-electron chi connectivity index (χ1n) is 33.3. The molecular weight excluding hydrogens is 1060 g/mol. The molecule has 0 radical (unpaired) electrons. The van der Waals surface area contributed by atoms with Crippen molar-refractivity contribution in [3.63, 3.8) is 0 Å². The molecule has 6 aliphatic rings. The largest absolute Gasteiger partial charge is 0.310 e. The molecule has 11 aromatic rings. The summed E-state index contributed by atoms with van der Waals surface area (Å²) in [5.41, 5.74) is 32.3. The molecule has 0 atom stereocenters. The summed E-state index contributed by atoms with van der Waals surface area (Å²) in [7, 11) is 0. The summed E-state index contributed by atoms with van der Waals surface area (Å²) in [6.07, 6.45) is 12.7. The predicted octanol–water partition coefficient (Wildman–Crippen LogP) is 24.3. The van der Waals surface area contributed by atoms with Gasteiger partial charge in [0.25, 0.3) is 0 Å². The van der Waals surface area contributed by atoms with Crippen molar-refractivity contribution in [1.82, 2.24) is 0 Å². The molecule has 0 amide bonds. The van der Waals surface area contributed by atoms with Gasteiger partial charge in [-0.1, -0.05) is 203 Å². The maximum Gasteiger partial charge on any atom is 0.0468 e. The van der Waals surface area contributed by atoms with Gasteiger partial charge in [-0.05, 0) is 256 Å². The van der Waals surface area contributed by atoms with Gasteiger partial charge in [-0.15, -0.1) is 0 Å². The van der Waals surface area contributed by atoms with Crippen LogP contribution in [0.25, 0.3) is 66.1 Å². The highest BCUT2D eigenvalue weighted by atomic mass is 15.1. The van der Waals surface area contributed by atoms with Gasteiger partial charge < -0.3 is 9.80 Å². The van der Waals surface area contributed by atoms with Gasteiger partial charge in [0.05, 0.1) is 0 Å². The molecule has 11 aromatic carbocycles. The van der Waals surface area contributed by atoms with E-state index >= 15 is 0 Å². The van der Waals surface area contributed by atoms with E-state index in [4.69, 9.17) is 0 Å². The van der Waals surface area contributed by atoms with Crippen LogP contribution in [0.4, 0.5) is 34.1 Å². The molecule has 17 rings (SSSR count). The highest BCUT2D eigenvalue weighted by Gasteiger charge is 2.44. The minimum Gasteiger partial charge on any atom is -0.310 e. The molecule has 0 N–H and O–H groups in total. The Balaban J connectivity index is 0.826. The van der Waals surface area contributed by atoms with Gasteiger partial charge in [-0.2, -0.15) is 0 Å². The number of hydrogen-bond acceptors (Lipinski definition) is 2. The van der Waals surface area contributed by atoms with Crippen LogP contribution in [0.15, 0.2) is 206 Å². The molecule has 0 saturated heterocycles. The van der Waals surface area contributed by atoms with Crippen LogP contribution < -0.4 is 9.80 Å². The lowest BCUT2D eigenvalue weighted by Crippen LogP contribution is -2.17. The quantitative estimate of drug-likeness (QED) is 0.140. The van der Waals surface area contributed by atoms with Crippen molar-refractivity contribution < 1.29 is 0 Å². The SMILES string of the molecule is CC1(C)c2ccccc2-c2cc3c(cc21)-c1ccc(N(c2ccccc2)c2ccc4c(C5CCCCC5)c5cc(N(c6ccccc6)c6ccc7c(c6)C(C)(C)c6cc8c(cc6-7)C(C)(C)c6ccccc6-8)ccc5c(C5CCCCC5)c4c2)cc1C3(C)C. The number of para-hydroxylation sites is 2. The summed E-state index contributed by atoms with van der Waals surface area (Å²) in [5.74, 6) is 0.962. The van der Waals surface area contributed by atoms with E-state index in [1.165, 1.54) is 209 Å². The van der Waals surface area contributed by atoms with Crippen LogP contribution in [-0.4, -0.2) is 0 Å². The average Bonchev–Trinajstić information content (AvgIpc) is 1.02. The molecule has 0 spiro atoms. The molecule has 2 nitrogen and oxygen atoms in total. The monoisotopic (exact) mass is 1140 g/mol. The Hall–Kier alpha value is -8.46. The number of anilines is 6. The average molecular weight is 1140 g/mol. The summed E-state index contributed by atoms with van der Waals surface area (Å²) in [5, 5.41) is 5.82. The summed E-state index contributed by atoms with van der Waals surface area (Å²) < 4.78 is 0. The molecule has 6 aliphatic carbocycles. The van der Waals surface area contributed by atoms with Gasteiger partial charge in [-0.3, -0.25) is 0 Å². The van der Waals surface area contributed by atoms with Crippen molar-refractivity contribution in [2.45, 2.75) is 153 Å². The van der Waals surface area contributed by atoms with E-state index in [1.807, 2.05) is 0 Å². The number of fused-ring (bicyclic) bond motifs is 14. The Labute approximate surface area is 521 Å². The molecule has 0 unspecified atom stereocenters. The first kappa shape index (κ1) is 53.8. The Morgan fingerprint density at radius 2 is 0.534 bits per heavy atom. The van der Waals surface area contributed by atoms with Gasteiger partial charge >= 0.3 is 0 Å². The maximum atomic E-state index is 2.64. The van der Waals surface area contributed by atoms with Crippen molar-refractivity contribution in [2.75, 3.05) is 9.80 Å². The summed E-state index contributed by atoms with van der Waals surface area (Å²) in [6, 6.07) is 81.0. The van der Waals surface area contributed by atoms with Crippen LogP contribution in [-0.2, 0) is 21.7 Å². The lowest BCUT2D eigenvalue weighted by atomic mass is 9.74. The maximum absolute atomic E-state index is 2.64. The van der Waals surface area contributed by atoms with Crippen LogP contribution >= 0.6 is 0 Å². The highest BCUT2D eigenvalue weighted by Crippen LogP contribution is 2.60. The topological polar surface area (TPSA) is 6.48 Å². The number of hydrogen-bond donors (Lipinski definition) is 0. The van der Waals surface area contributed by atoms with E-state index < -0.39 is 0 Å². The Morgan fingerprint density at radius 3 is 0.909 bits per heavy atom. The van der Waals surface area contributed by atoms with Crippen molar-refractivity contribution in [1.29, 1.82) is 0 Å². The second kappa shape index (κ2) is 19.5. The van der Waals surface area contributed by atoms with E-state index in [9.17, 15) is 0 Å². The minimum absolute atomic E-state index is 0.0560. The lowest BCUT2D eigenvalue weighted by Gasteiger charge is -2.33. The number of benzene rings is 11. The molecule has 0 bridgehead atoms. The van der Waals surface area contributed by atoms with Gasteiger partial charge in [-0.25, -0.2) is 0 Å². The Bertz CT molecular complexity index is 4390. The minimum atomic E-state index is -0.186. The van der Waals surface area contributed by atoms with E-state index in [0.29, 0.717) is 11.8 Å². The number of rotatable bonds is 8. The number of nitrogens with zero attached hydrogens (tertiary/aromatic N) is 2. The van der Waals surface area contributed by atoms with Crippen LogP contribution in [0.2, 0.25) is 0 Å². The molecule has 0 aliphatic heterocycles. The van der Waals surface area contributed by atoms with E-state index in [0.717, 1.165) is 0 Å². The molecule has 0 aromatic heterocycles. The van der Waals surface area contributed by atoms with Gasteiger partial charge in [0, 0.05) is 55.8 Å². The fourth-order valence-corrected chi connectivity index (χ4v) is 18.4. The standard InChI is InChI=1S/C86H80N2/c1-83(2)73-35-23-21-33-61(73)67-49-79-69(51-77(67)83)63-41-37-59(47-75(63)85(79,5)6)87(55-29-17-11-18-30-55)57-39-43-65-71(45-57)81(53-25-13-9-14-26-53)66-44-40-58(46-72(66)82(65)54-27-15-10-16-28-54)88(56-31-19-12-20-32-56)60-38-42-64-70-52-78-68(50-80(70)86(7,8)76(64)48-60)62-34-22-24-36-74(62)84(78,3)4/h11-12,17-24,29-54H,9-10,13-16,25-28H2,1-8H3. The Morgan fingerprint density at radius 1 is 0.239 bits per heavy atom. The van der Waals surface area contributed by atoms with E-state index in [2.05, 4.69) is 271 Å². The third kappa shape index (κ3) is 7.79. The normalized spacial score (nSPS) is 17.8. The van der Waals surface area contributed by atoms with Crippen molar-refractivity contribution in [3.8, 4) is 44.5 Å². The second-order valence-electron chi connectivity index (χ2n) is 29.2. The zero-order valence-corrected chi connectivity index (χ0v) is 52.8. The van der Waals surface area contributed by atoms with Crippen LogP contribution in [0.3, 0.4) is 0 Å². The first-order valence-corrected chi connectivity index (χ1v) is 33.3. The molecular formula is C86H80N2. The third-order valence-corrected chi connectivity index (χ3v) is 23.0. The molecule has 434 valence electrons. The zero-order chi connectivity index (χ0) is 59.6. The van der Waals surface area contributed by atoms with E-state index in [1.54, 1.807) is 11.1 Å². The van der Waals surface area contributed by atoms with Crippen molar-refractivity contribution in [3.05, 3.63) is 262 Å². The summed E-state index contributed by atoms with van der Waals surface area (Å²) in [6.45, 7) is 19.5. The second-order valence-corrected chi connectivity index (χ2v) is 29.2. The smallest absolute Gasteiger partial charge is 0.0468 e. The van der Waals surface area contributed by atoms with E-state index in [-0.39, 0.29) is 21.7 Å². The summed E-state index contributed by atoms with van der Waals surface area (Å²) in [4.78, 5) is 5.13. The zero-order valence-electron chi connectivity index (χ0n) is 52.8. The van der Waals surface area contributed by atoms with Gasteiger partial charge in [0.15, 0.2) is 0 Å². The van der Waals surface area contributed by atoms with Gasteiger partial charge in [0.1, 0.15) is 0 Å². The van der Waals surface area contributed by atoms with Gasteiger partial charge in [0.2, 0.25) is 0 Å². The first-order chi connectivity index (χ1) is 42.7. The third-order valence-electron chi connectivity index (χ3n) is 23.0. The molecule has 2 fully saturated rings. The van der Waals surface area contributed by atoms with Crippen LogP contribution in [0.1, 0.15) is 187 Å². The highest BCUT2D eigenvalue weighted by molar-refractivity contribution is 6.09. The molecule has 0 heterocycles. The predicted molar refractivity (Wildman–Crippen MR) is 373 cm³/mol. The summed E-state index contributed by atoms with van der Waals surface area (Å²) >= 11 is 0. The molecule has 88 heavy (non-hydrogen) atoms. The van der Waals surface area contributed by atoms with Crippen molar-refractivity contribution in [2.24, 2.45) is 0 Å². The van der Waals surface area contributed by atoms with Crippen LogP contribution in [0.5, 0.6) is 0 Å². The molecule has 2 saturated carbocycles. The fourth-order valence-electron chi connectivity index (χ4n) is 18.4.